The van der Waals surface area contributed by atoms with Crippen molar-refractivity contribution in [1.82, 2.24) is 16.0 Å². The molecule has 1 aliphatic heterocycles. The van der Waals surface area contributed by atoms with Gasteiger partial charge in [-0.15, -0.1) is 0 Å². The second-order valence-corrected chi connectivity index (χ2v) is 6.94. The highest BCUT2D eigenvalue weighted by atomic mass is 16.6. The zero-order valence-corrected chi connectivity index (χ0v) is 14.4. The van der Waals surface area contributed by atoms with Crippen molar-refractivity contribution in [1.29, 1.82) is 0 Å². The molecule has 22 heavy (non-hydrogen) atoms. The van der Waals surface area contributed by atoms with Crippen LogP contribution in [-0.4, -0.2) is 57.5 Å². The van der Waals surface area contributed by atoms with Gasteiger partial charge in [-0.3, -0.25) is 4.99 Å². The van der Waals surface area contributed by atoms with Crippen LogP contribution in [0.4, 0.5) is 4.79 Å². The summed E-state index contributed by atoms with van der Waals surface area (Å²) in [4.78, 5) is 15.6. The van der Waals surface area contributed by atoms with Crippen molar-refractivity contribution in [3.05, 3.63) is 0 Å². The molecule has 0 saturated carbocycles. The smallest absolute Gasteiger partial charge is 0.407 e. The van der Waals surface area contributed by atoms with Crippen molar-refractivity contribution in [2.45, 2.75) is 39.7 Å². The molecule has 1 amide bonds. The van der Waals surface area contributed by atoms with Gasteiger partial charge in [0.1, 0.15) is 5.60 Å². The summed E-state index contributed by atoms with van der Waals surface area (Å²) in [6.07, 6.45) is 0.410. The Bertz CT molecular complexity index is 387. The number of alkyl carbamates (subject to hydrolysis) is 1. The highest BCUT2D eigenvalue weighted by Gasteiger charge is 2.33. The highest BCUT2D eigenvalue weighted by Crippen LogP contribution is 2.24. The van der Waals surface area contributed by atoms with Crippen LogP contribution in [0.1, 0.15) is 34.1 Å². The van der Waals surface area contributed by atoms with Gasteiger partial charge in [0.05, 0.1) is 13.2 Å². The van der Waals surface area contributed by atoms with Crippen molar-refractivity contribution in [2.24, 2.45) is 10.4 Å². The van der Waals surface area contributed by atoms with Crippen LogP contribution in [0.3, 0.4) is 0 Å². The van der Waals surface area contributed by atoms with Crippen molar-refractivity contribution in [3.63, 3.8) is 0 Å². The number of rotatable bonds is 6. The van der Waals surface area contributed by atoms with E-state index < -0.39 is 5.60 Å². The molecule has 0 spiro atoms. The summed E-state index contributed by atoms with van der Waals surface area (Å²) < 4.78 is 10.4. The maximum atomic E-state index is 11.5. The zero-order chi connectivity index (χ0) is 16.6. The largest absolute Gasteiger partial charge is 0.444 e. The van der Waals surface area contributed by atoms with Gasteiger partial charge in [-0.05, 0) is 27.2 Å². The van der Waals surface area contributed by atoms with E-state index in [2.05, 4.69) is 27.9 Å². The van der Waals surface area contributed by atoms with Gasteiger partial charge in [-0.25, -0.2) is 4.79 Å². The van der Waals surface area contributed by atoms with Gasteiger partial charge in [0.2, 0.25) is 0 Å². The molecule has 0 aromatic heterocycles. The third-order valence-corrected chi connectivity index (χ3v) is 3.12. The number of amides is 1. The van der Waals surface area contributed by atoms with Gasteiger partial charge in [-0.1, -0.05) is 6.92 Å². The van der Waals surface area contributed by atoms with Crippen LogP contribution in [0.25, 0.3) is 0 Å². The van der Waals surface area contributed by atoms with Crippen LogP contribution in [0.5, 0.6) is 0 Å². The minimum atomic E-state index is -0.463. The Balaban J connectivity index is 2.08. The normalized spacial score (nSPS) is 17.4. The molecule has 0 bridgehead atoms. The van der Waals surface area contributed by atoms with Crippen LogP contribution < -0.4 is 16.0 Å². The molecule has 1 fully saturated rings. The second-order valence-electron chi connectivity index (χ2n) is 6.94. The molecule has 1 saturated heterocycles. The van der Waals surface area contributed by atoms with E-state index in [1.54, 1.807) is 7.05 Å². The van der Waals surface area contributed by atoms with Crippen LogP contribution in [0.2, 0.25) is 0 Å². The molecule has 1 aliphatic rings. The van der Waals surface area contributed by atoms with E-state index in [9.17, 15) is 4.79 Å². The molecule has 0 aliphatic carbocycles. The second kappa shape index (κ2) is 8.22. The van der Waals surface area contributed by atoms with Crippen molar-refractivity contribution >= 4 is 12.1 Å². The van der Waals surface area contributed by atoms with Crippen LogP contribution in [-0.2, 0) is 9.47 Å². The van der Waals surface area contributed by atoms with Crippen molar-refractivity contribution in [2.75, 3.05) is 39.9 Å². The Labute approximate surface area is 133 Å². The van der Waals surface area contributed by atoms with E-state index in [-0.39, 0.29) is 11.5 Å². The number of hydrogen-bond acceptors (Lipinski definition) is 4. The standard InChI is InChI=1S/C15H30N4O3/c1-14(2,3)22-13(20)18-8-6-7-17-12(16-5)19-9-15(4)10-21-11-15/h6-11H2,1-5H3,(H,18,20)(H2,16,17,19). The van der Waals surface area contributed by atoms with Gasteiger partial charge in [0.25, 0.3) is 0 Å². The summed E-state index contributed by atoms with van der Waals surface area (Å²) >= 11 is 0. The Morgan fingerprint density at radius 1 is 1.23 bits per heavy atom. The van der Waals surface area contributed by atoms with E-state index in [4.69, 9.17) is 9.47 Å². The summed E-state index contributed by atoms with van der Waals surface area (Å²) in [5.41, 5.74) is -0.258. The molecule has 0 aromatic carbocycles. The molecule has 1 rings (SSSR count). The first kappa shape index (κ1) is 18.5. The quantitative estimate of drug-likeness (QED) is 0.388. The van der Waals surface area contributed by atoms with Crippen LogP contribution in [0, 0.1) is 5.41 Å². The maximum absolute atomic E-state index is 11.5. The third kappa shape index (κ3) is 7.49. The fourth-order valence-corrected chi connectivity index (χ4v) is 1.87. The maximum Gasteiger partial charge on any atom is 0.407 e. The van der Waals surface area contributed by atoms with E-state index in [1.165, 1.54) is 0 Å². The molecule has 0 radical (unpaired) electrons. The number of guanidine groups is 1. The van der Waals surface area contributed by atoms with Gasteiger partial charge in [0, 0.05) is 32.1 Å². The summed E-state index contributed by atoms with van der Waals surface area (Å²) in [5, 5.41) is 9.24. The summed E-state index contributed by atoms with van der Waals surface area (Å²) in [7, 11) is 1.74. The molecule has 0 atom stereocenters. The predicted octanol–water partition coefficient (Wildman–Crippen LogP) is 1.10. The first-order chi connectivity index (χ1) is 10.2. The lowest BCUT2D eigenvalue weighted by molar-refractivity contribution is -0.0971. The highest BCUT2D eigenvalue weighted by molar-refractivity contribution is 5.79. The lowest BCUT2D eigenvalue weighted by Crippen LogP contribution is -2.51. The van der Waals surface area contributed by atoms with Crippen molar-refractivity contribution in [3.8, 4) is 0 Å². The van der Waals surface area contributed by atoms with Crippen LogP contribution in [0.15, 0.2) is 4.99 Å². The molecule has 1 heterocycles. The Hall–Kier alpha value is -1.50. The number of ether oxygens (including phenoxy) is 2. The van der Waals surface area contributed by atoms with E-state index in [0.29, 0.717) is 6.54 Å². The van der Waals surface area contributed by atoms with Crippen LogP contribution >= 0.6 is 0 Å². The summed E-state index contributed by atoms with van der Waals surface area (Å²) in [5.74, 6) is 0.769. The Morgan fingerprint density at radius 3 is 2.36 bits per heavy atom. The fraction of sp³-hybridized carbons (Fsp3) is 0.867. The fourth-order valence-electron chi connectivity index (χ4n) is 1.87. The number of carbonyl (C=O) groups is 1. The minimum absolute atomic E-state index is 0.204. The van der Waals surface area contributed by atoms with Gasteiger partial charge >= 0.3 is 6.09 Å². The zero-order valence-electron chi connectivity index (χ0n) is 14.4. The topological polar surface area (TPSA) is 84.0 Å². The molecule has 7 nitrogen and oxygen atoms in total. The summed E-state index contributed by atoms with van der Waals surface area (Å²) in [6.45, 7) is 11.4. The SMILES string of the molecule is CN=C(NCCCNC(=O)OC(C)(C)C)NCC1(C)COC1. The molecule has 7 heteroatoms. The third-order valence-electron chi connectivity index (χ3n) is 3.12. The Kier molecular flexibility index (Phi) is 6.93. The molecule has 0 aromatic rings. The molecular weight excluding hydrogens is 284 g/mol. The monoisotopic (exact) mass is 314 g/mol. The number of aliphatic imine (C=N–C) groups is 1. The molecule has 0 unspecified atom stereocenters. The number of hydrogen-bond donors (Lipinski definition) is 3. The molecular formula is C15H30N4O3. The first-order valence-electron chi connectivity index (χ1n) is 7.73. The van der Waals surface area contributed by atoms with Gasteiger partial charge < -0.3 is 25.4 Å². The number of nitrogens with zero attached hydrogens (tertiary/aromatic N) is 1. The lowest BCUT2D eigenvalue weighted by atomic mass is 9.89. The number of carbonyl (C=O) groups excluding carboxylic acids is 1. The van der Waals surface area contributed by atoms with E-state index >= 15 is 0 Å². The summed E-state index contributed by atoms with van der Waals surface area (Å²) in [6, 6.07) is 0. The molecule has 3 N–H and O–H groups in total. The number of nitrogens with one attached hydrogen (secondary N) is 3. The lowest BCUT2D eigenvalue weighted by Gasteiger charge is -2.38. The predicted molar refractivity (Wildman–Crippen MR) is 87.1 cm³/mol. The van der Waals surface area contributed by atoms with Gasteiger partial charge in [0.15, 0.2) is 5.96 Å². The van der Waals surface area contributed by atoms with E-state index in [0.717, 1.165) is 38.7 Å². The van der Waals surface area contributed by atoms with Gasteiger partial charge in [-0.2, -0.15) is 0 Å². The first-order valence-corrected chi connectivity index (χ1v) is 7.73. The van der Waals surface area contributed by atoms with E-state index in [1.807, 2.05) is 20.8 Å². The minimum Gasteiger partial charge on any atom is -0.444 e. The average Bonchev–Trinajstić information content (AvgIpc) is 2.37. The average molecular weight is 314 g/mol. The molecule has 128 valence electrons. The Morgan fingerprint density at radius 2 is 1.86 bits per heavy atom. The van der Waals surface area contributed by atoms with Crippen molar-refractivity contribution < 1.29 is 14.3 Å².